The number of hydrogen-bond acceptors (Lipinski definition) is 8. The van der Waals surface area contributed by atoms with Gasteiger partial charge in [-0.2, -0.15) is 0 Å². The Labute approximate surface area is 201 Å². The van der Waals surface area contributed by atoms with Crippen molar-refractivity contribution in [1.82, 2.24) is 16.0 Å². The van der Waals surface area contributed by atoms with E-state index in [-0.39, 0.29) is 18.1 Å². The molecule has 35 heavy (non-hydrogen) atoms. The number of nitrogens with one attached hydrogen (secondary N) is 3. The SMILES string of the molecule is CC(C)CC(N)C(=O)NC(CO)C(=O)NC(CC(=O)O)C(=O)NC(Cc1ccc(O)cc1)C(=O)O. The second-order valence-corrected chi connectivity index (χ2v) is 8.41. The zero-order chi connectivity index (χ0) is 26.7. The maximum atomic E-state index is 12.7. The number of aromatic hydroxyl groups is 1. The van der Waals surface area contributed by atoms with E-state index in [9.17, 15) is 39.3 Å². The Balaban J connectivity index is 2.92. The molecule has 0 aromatic heterocycles. The highest BCUT2D eigenvalue weighted by Crippen LogP contribution is 2.12. The summed E-state index contributed by atoms with van der Waals surface area (Å²) in [4.78, 5) is 60.3. The Morgan fingerprint density at radius 1 is 0.857 bits per heavy atom. The van der Waals surface area contributed by atoms with Crippen LogP contribution in [0.15, 0.2) is 24.3 Å². The van der Waals surface area contributed by atoms with Crippen LogP contribution in [0.25, 0.3) is 0 Å². The smallest absolute Gasteiger partial charge is 0.326 e. The van der Waals surface area contributed by atoms with E-state index in [1.165, 1.54) is 24.3 Å². The molecular formula is C22H32N4O9. The number of carbonyl (C=O) groups is 5. The van der Waals surface area contributed by atoms with Gasteiger partial charge in [-0.05, 0) is 30.0 Å². The summed E-state index contributed by atoms with van der Waals surface area (Å²) in [5.74, 6) is -5.68. The number of aliphatic hydroxyl groups is 1. The van der Waals surface area contributed by atoms with Gasteiger partial charge in [0.25, 0.3) is 0 Å². The summed E-state index contributed by atoms with van der Waals surface area (Å²) >= 11 is 0. The largest absolute Gasteiger partial charge is 0.508 e. The number of phenolic OH excluding ortho intramolecular Hbond substituents is 1. The van der Waals surface area contributed by atoms with Gasteiger partial charge in [0.05, 0.1) is 19.1 Å². The standard InChI is InChI=1S/C22H32N4O9/c1-11(2)7-14(23)19(31)26-17(10-27)21(33)24-15(9-18(29)30)20(32)25-16(22(34)35)8-12-3-5-13(28)6-4-12/h3-6,11,14-17,27-28H,7-10,23H2,1-2H3,(H,24,33)(H,25,32)(H,26,31)(H,29,30)(H,34,35). The Hall–Kier alpha value is -3.71. The van der Waals surface area contributed by atoms with Gasteiger partial charge in [-0.15, -0.1) is 0 Å². The van der Waals surface area contributed by atoms with Crippen molar-refractivity contribution >= 4 is 29.7 Å². The van der Waals surface area contributed by atoms with Gasteiger partial charge in [0.15, 0.2) is 0 Å². The summed E-state index contributed by atoms with van der Waals surface area (Å²) in [5.41, 5.74) is 6.22. The third-order valence-corrected chi connectivity index (χ3v) is 4.88. The van der Waals surface area contributed by atoms with Crippen molar-refractivity contribution in [3.05, 3.63) is 29.8 Å². The predicted octanol–water partition coefficient (Wildman–Crippen LogP) is -1.69. The van der Waals surface area contributed by atoms with Gasteiger partial charge in [0.2, 0.25) is 17.7 Å². The fourth-order valence-corrected chi connectivity index (χ4v) is 3.08. The fraction of sp³-hybridized carbons (Fsp3) is 0.500. The molecule has 0 bridgehead atoms. The number of carboxylic acid groups (broad SMARTS) is 2. The van der Waals surface area contributed by atoms with Crippen LogP contribution in [0.5, 0.6) is 5.75 Å². The highest BCUT2D eigenvalue weighted by atomic mass is 16.4. The first-order chi connectivity index (χ1) is 16.3. The van der Waals surface area contributed by atoms with Crippen LogP contribution in [0.4, 0.5) is 0 Å². The molecule has 0 aliphatic heterocycles. The number of aliphatic hydroxyl groups excluding tert-OH is 1. The molecule has 194 valence electrons. The summed E-state index contributed by atoms with van der Waals surface area (Å²) in [5, 5.41) is 44.0. The minimum Gasteiger partial charge on any atom is -0.508 e. The average Bonchev–Trinajstić information content (AvgIpc) is 2.76. The number of rotatable bonds is 14. The molecule has 0 saturated heterocycles. The molecule has 0 heterocycles. The maximum absolute atomic E-state index is 12.7. The van der Waals surface area contributed by atoms with Crippen LogP contribution in [0.3, 0.4) is 0 Å². The highest BCUT2D eigenvalue weighted by molar-refractivity contribution is 5.95. The molecule has 4 unspecified atom stereocenters. The molecule has 13 heteroatoms. The monoisotopic (exact) mass is 496 g/mol. The maximum Gasteiger partial charge on any atom is 0.326 e. The lowest BCUT2D eigenvalue weighted by atomic mass is 10.0. The van der Waals surface area contributed by atoms with Gasteiger partial charge < -0.3 is 42.1 Å². The van der Waals surface area contributed by atoms with E-state index in [0.717, 1.165) is 0 Å². The van der Waals surface area contributed by atoms with Crippen molar-refractivity contribution in [2.24, 2.45) is 11.7 Å². The van der Waals surface area contributed by atoms with E-state index in [0.29, 0.717) is 12.0 Å². The first kappa shape index (κ1) is 29.3. The normalized spacial score (nSPS) is 14.3. The molecule has 1 aromatic carbocycles. The number of benzene rings is 1. The molecule has 0 spiro atoms. The van der Waals surface area contributed by atoms with Crippen molar-refractivity contribution in [2.45, 2.75) is 57.3 Å². The predicted molar refractivity (Wildman–Crippen MR) is 122 cm³/mol. The third kappa shape index (κ3) is 10.4. The Bertz CT molecular complexity index is 905. The zero-order valence-corrected chi connectivity index (χ0v) is 19.4. The van der Waals surface area contributed by atoms with Crippen molar-refractivity contribution in [3.63, 3.8) is 0 Å². The average molecular weight is 497 g/mol. The van der Waals surface area contributed by atoms with Crippen molar-refractivity contribution in [1.29, 1.82) is 0 Å². The number of carbonyl (C=O) groups excluding carboxylic acids is 3. The van der Waals surface area contributed by atoms with Gasteiger partial charge in [-0.25, -0.2) is 4.79 Å². The quantitative estimate of drug-likeness (QED) is 0.146. The van der Waals surface area contributed by atoms with Gasteiger partial charge in [0.1, 0.15) is 23.9 Å². The molecule has 4 atom stereocenters. The molecule has 0 aliphatic carbocycles. The molecule has 0 fully saturated rings. The molecule has 3 amide bonds. The lowest BCUT2D eigenvalue weighted by molar-refractivity contribution is -0.143. The molecular weight excluding hydrogens is 464 g/mol. The molecule has 1 rings (SSSR count). The van der Waals surface area contributed by atoms with Crippen LogP contribution >= 0.6 is 0 Å². The van der Waals surface area contributed by atoms with E-state index in [2.05, 4.69) is 16.0 Å². The molecule has 9 N–H and O–H groups in total. The summed E-state index contributed by atoms with van der Waals surface area (Å²) in [6, 6.07) is -0.0681. The number of nitrogens with two attached hydrogens (primary N) is 1. The van der Waals surface area contributed by atoms with Crippen LogP contribution in [-0.4, -0.2) is 80.9 Å². The summed E-state index contributed by atoms with van der Waals surface area (Å²) < 4.78 is 0. The number of amides is 3. The first-order valence-corrected chi connectivity index (χ1v) is 10.8. The van der Waals surface area contributed by atoms with Crippen molar-refractivity contribution < 1.29 is 44.4 Å². The Kier molecular flexibility index (Phi) is 11.6. The second kappa shape index (κ2) is 13.9. The summed E-state index contributed by atoms with van der Waals surface area (Å²) in [6.45, 7) is 2.82. The molecule has 0 aliphatic rings. The van der Waals surface area contributed by atoms with E-state index in [1.54, 1.807) is 0 Å². The molecule has 13 nitrogen and oxygen atoms in total. The minimum absolute atomic E-state index is 0.0374. The van der Waals surface area contributed by atoms with Gasteiger partial charge >= 0.3 is 11.9 Å². The van der Waals surface area contributed by atoms with Crippen LogP contribution < -0.4 is 21.7 Å². The Morgan fingerprint density at radius 3 is 1.86 bits per heavy atom. The second-order valence-electron chi connectivity index (χ2n) is 8.41. The first-order valence-electron chi connectivity index (χ1n) is 10.8. The van der Waals surface area contributed by atoms with Crippen LogP contribution in [-0.2, 0) is 30.4 Å². The zero-order valence-electron chi connectivity index (χ0n) is 19.4. The Morgan fingerprint density at radius 2 is 1.37 bits per heavy atom. The minimum atomic E-state index is -1.70. The van der Waals surface area contributed by atoms with Gasteiger partial charge in [0, 0.05) is 6.42 Å². The van der Waals surface area contributed by atoms with E-state index in [4.69, 9.17) is 10.8 Å². The lowest BCUT2D eigenvalue weighted by Gasteiger charge is -2.24. The number of carboxylic acids is 2. The van der Waals surface area contributed by atoms with Crippen LogP contribution in [0, 0.1) is 5.92 Å². The molecule has 0 radical (unpaired) electrons. The number of aliphatic carboxylic acids is 2. The third-order valence-electron chi connectivity index (χ3n) is 4.88. The van der Waals surface area contributed by atoms with Crippen molar-refractivity contribution in [3.8, 4) is 5.75 Å². The van der Waals surface area contributed by atoms with Gasteiger partial charge in [-0.1, -0.05) is 26.0 Å². The molecule has 0 saturated carbocycles. The summed E-state index contributed by atoms with van der Waals surface area (Å²) in [6.07, 6.45) is -0.756. The van der Waals surface area contributed by atoms with Crippen molar-refractivity contribution in [2.75, 3.05) is 6.61 Å². The topological polar surface area (TPSA) is 228 Å². The number of phenols is 1. The van der Waals surface area contributed by atoms with E-state index >= 15 is 0 Å². The van der Waals surface area contributed by atoms with Crippen LogP contribution in [0.2, 0.25) is 0 Å². The van der Waals surface area contributed by atoms with Gasteiger partial charge in [-0.3, -0.25) is 19.2 Å². The highest BCUT2D eigenvalue weighted by Gasteiger charge is 2.31. The summed E-state index contributed by atoms with van der Waals surface area (Å²) in [7, 11) is 0. The van der Waals surface area contributed by atoms with E-state index < -0.39 is 66.9 Å². The van der Waals surface area contributed by atoms with Crippen LogP contribution in [0.1, 0.15) is 32.3 Å². The molecule has 1 aromatic rings. The number of hydrogen-bond donors (Lipinski definition) is 8. The fourth-order valence-electron chi connectivity index (χ4n) is 3.08. The lowest BCUT2D eigenvalue weighted by Crippen LogP contribution is -2.58. The van der Waals surface area contributed by atoms with E-state index in [1.807, 2.05) is 13.8 Å².